The predicted octanol–water partition coefficient (Wildman–Crippen LogP) is 1.72. The second-order valence-electron chi connectivity index (χ2n) is 3.15. The number of hydrogen-bond donors (Lipinski definition) is 2. The molecule has 0 aliphatic carbocycles. The molecule has 0 bridgehead atoms. The van der Waals surface area contributed by atoms with E-state index >= 15 is 0 Å². The summed E-state index contributed by atoms with van der Waals surface area (Å²) in [6.45, 7) is 0.314. The number of nitrogens with zero attached hydrogens (tertiary/aromatic N) is 1. The van der Waals surface area contributed by atoms with E-state index < -0.39 is 5.97 Å². The van der Waals surface area contributed by atoms with Crippen molar-refractivity contribution in [3.8, 4) is 6.07 Å². The molecule has 0 aliphatic heterocycles. The van der Waals surface area contributed by atoms with E-state index in [1.54, 1.807) is 18.2 Å². The van der Waals surface area contributed by atoms with Crippen molar-refractivity contribution < 1.29 is 14.6 Å². The maximum atomic E-state index is 10.2. The summed E-state index contributed by atoms with van der Waals surface area (Å²) in [6.07, 6.45) is 0. The number of ether oxygens (including phenoxy) is 1. The Hall–Kier alpha value is -1.77. The van der Waals surface area contributed by atoms with Crippen molar-refractivity contribution in [2.75, 3.05) is 25.1 Å². The fourth-order valence-electron chi connectivity index (χ4n) is 1.20. The highest BCUT2D eigenvalue weighted by atomic mass is 35.5. The number of halogens is 1. The first-order valence-corrected chi connectivity index (χ1v) is 5.25. The van der Waals surface area contributed by atoms with Crippen molar-refractivity contribution in [1.29, 1.82) is 5.26 Å². The van der Waals surface area contributed by atoms with Crippen molar-refractivity contribution in [2.45, 2.75) is 0 Å². The second-order valence-corrected chi connectivity index (χ2v) is 3.55. The normalized spacial score (nSPS) is 9.65. The first kappa shape index (κ1) is 13.3. The number of anilines is 1. The summed E-state index contributed by atoms with van der Waals surface area (Å²) >= 11 is 5.84. The molecule has 6 heteroatoms. The predicted molar refractivity (Wildman–Crippen MR) is 63.1 cm³/mol. The van der Waals surface area contributed by atoms with E-state index in [1.165, 1.54) is 0 Å². The van der Waals surface area contributed by atoms with Gasteiger partial charge in [0.05, 0.1) is 22.9 Å². The quantitative estimate of drug-likeness (QED) is 0.756. The fraction of sp³-hybridized carbons (Fsp3) is 0.273. The van der Waals surface area contributed by atoms with Gasteiger partial charge in [-0.05, 0) is 12.1 Å². The number of hydrogen-bond acceptors (Lipinski definition) is 4. The minimum atomic E-state index is -1.01. The number of benzene rings is 1. The lowest BCUT2D eigenvalue weighted by Gasteiger charge is -2.08. The highest BCUT2D eigenvalue weighted by Gasteiger charge is 2.05. The van der Waals surface area contributed by atoms with Crippen LogP contribution in [0, 0.1) is 11.3 Å². The van der Waals surface area contributed by atoms with Gasteiger partial charge in [0.25, 0.3) is 0 Å². The van der Waals surface area contributed by atoms with Gasteiger partial charge in [0.15, 0.2) is 0 Å². The molecule has 0 heterocycles. The number of nitrogens with one attached hydrogen (secondary N) is 1. The third kappa shape index (κ3) is 4.31. The SMILES string of the molecule is N#Cc1c(Cl)cccc1NCCOCC(=O)O. The Morgan fingerprint density at radius 2 is 2.35 bits per heavy atom. The molecule has 0 saturated heterocycles. The minimum absolute atomic E-state index is 0.240. The number of rotatable bonds is 6. The number of aliphatic carboxylic acids is 1. The first-order chi connectivity index (χ1) is 8.15. The van der Waals surface area contributed by atoms with Crippen LogP contribution in [-0.4, -0.2) is 30.8 Å². The third-order valence-electron chi connectivity index (χ3n) is 1.91. The number of carboxylic acid groups (broad SMARTS) is 1. The summed E-state index contributed by atoms with van der Waals surface area (Å²) in [6, 6.07) is 7.07. The molecule has 2 N–H and O–H groups in total. The average Bonchev–Trinajstić information content (AvgIpc) is 2.28. The summed E-state index contributed by atoms with van der Waals surface area (Å²) < 4.78 is 4.84. The summed E-state index contributed by atoms with van der Waals surface area (Å²) in [4.78, 5) is 10.2. The van der Waals surface area contributed by atoms with Gasteiger partial charge in [0, 0.05) is 6.54 Å². The van der Waals surface area contributed by atoms with E-state index in [2.05, 4.69) is 5.32 Å². The topological polar surface area (TPSA) is 82.3 Å². The van der Waals surface area contributed by atoms with E-state index in [-0.39, 0.29) is 13.2 Å². The lowest BCUT2D eigenvalue weighted by Crippen LogP contribution is -2.14. The van der Waals surface area contributed by atoms with Crippen LogP contribution in [0.3, 0.4) is 0 Å². The number of nitriles is 1. The van der Waals surface area contributed by atoms with Crippen LogP contribution >= 0.6 is 11.6 Å². The van der Waals surface area contributed by atoms with Gasteiger partial charge in [0.2, 0.25) is 0 Å². The molecule has 0 radical (unpaired) electrons. The van der Waals surface area contributed by atoms with E-state index in [0.29, 0.717) is 22.8 Å². The standard InChI is InChI=1S/C11H11ClN2O3/c12-9-2-1-3-10(8(9)6-13)14-4-5-17-7-11(15)16/h1-3,14H,4-5,7H2,(H,15,16). The maximum Gasteiger partial charge on any atom is 0.329 e. The van der Waals surface area contributed by atoms with Gasteiger partial charge in [-0.2, -0.15) is 5.26 Å². The smallest absolute Gasteiger partial charge is 0.329 e. The molecule has 1 aromatic carbocycles. The Bertz CT molecular complexity index is 443. The fourth-order valence-corrected chi connectivity index (χ4v) is 1.42. The zero-order valence-electron chi connectivity index (χ0n) is 8.94. The molecule has 0 aliphatic rings. The van der Waals surface area contributed by atoms with E-state index in [4.69, 9.17) is 26.7 Å². The van der Waals surface area contributed by atoms with Crippen molar-refractivity contribution >= 4 is 23.3 Å². The van der Waals surface area contributed by atoms with Gasteiger partial charge in [-0.3, -0.25) is 0 Å². The Labute approximate surface area is 104 Å². The van der Waals surface area contributed by atoms with Crippen LogP contribution < -0.4 is 5.32 Å². The van der Waals surface area contributed by atoms with Gasteiger partial charge < -0.3 is 15.2 Å². The van der Waals surface area contributed by atoms with Gasteiger partial charge in [-0.25, -0.2) is 4.79 Å². The molecule has 1 rings (SSSR count). The molecule has 0 saturated carbocycles. The summed E-state index contributed by atoms with van der Waals surface area (Å²) in [5.74, 6) is -1.01. The molecule has 0 spiro atoms. The van der Waals surface area contributed by atoms with Crippen molar-refractivity contribution in [3.63, 3.8) is 0 Å². The average molecular weight is 255 g/mol. The Balaban J connectivity index is 2.45. The Morgan fingerprint density at radius 1 is 1.59 bits per heavy atom. The highest BCUT2D eigenvalue weighted by molar-refractivity contribution is 6.32. The minimum Gasteiger partial charge on any atom is -0.480 e. The Morgan fingerprint density at radius 3 is 3.00 bits per heavy atom. The molecule has 0 amide bonds. The Kier molecular flexibility index (Phi) is 5.27. The molecule has 0 fully saturated rings. The van der Waals surface area contributed by atoms with Crippen LogP contribution in [0.25, 0.3) is 0 Å². The van der Waals surface area contributed by atoms with Crippen molar-refractivity contribution in [3.05, 3.63) is 28.8 Å². The highest BCUT2D eigenvalue weighted by Crippen LogP contribution is 2.22. The maximum absolute atomic E-state index is 10.2. The van der Waals surface area contributed by atoms with Crippen LogP contribution in [-0.2, 0) is 9.53 Å². The molecule has 90 valence electrons. The summed E-state index contributed by atoms with van der Waals surface area (Å²) in [7, 11) is 0. The molecule has 17 heavy (non-hydrogen) atoms. The summed E-state index contributed by atoms with van der Waals surface area (Å²) in [5.41, 5.74) is 0.978. The molecular weight excluding hydrogens is 244 g/mol. The van der Waals surface area contributed by atoms with E-state index in [9.17, 15) is 4.79 Å². The number of carbonyl (C=O) groups is 1. The molecule has 0 aromatic heterocycles. The van der Waals surface area contributed by atoms with Gasteiger partial charge in [-0.1, -0.05) is 17.7 Å². The van der Waals surface area contributed by atoms with Crippen molar-refractivity contribution in [1.82, 2.24) is 0 Å². The second kappa shape index (κ2) is 6.74. The first-order valence-electron chi connectivity index (χ1n) is 4.87. The largest absolute Gasteiger partial charge is 0.480 e. The molecule has 0 atom stereocenters. The van der Waals surface area contributed by atoms with Gasteiger partial charge in [0.1, 0.15) is 12.7 Å². The van der Waals surface area contributed by atoms with E-state index in [1.807, 2.05) is 6.07 Å². The van der Waals surface area contributed by atoms with Gasteiger partial charge >= 0.3 is 5.97 Å². The third-order valence-corrected chi connectivity index (χ3v) is 2.23. The van der Waals surface area contributed by atoms with Crippen LogP contribution in [0.4, 0.5) is 5.69 Å². The lowest BCUT2D eigenvalue weighted by atomic mass is 10.2. The number of carboxylic acids is 1. The molecule has 5 nitrogen and oxygen atoms in total. The zero-order valence-corrected chi connectivity index (χ0v) is 9.70. The van der Waals surface area contributed by atoms with Gasteiger partial charge in [-0.15, -0.1) is 0 Å². The van der Waals surface area contributed by atoms with E-state index in [0.717, 1.165) is 0 Å². The molecular formula is C11H11ClN2O3. The van der Waals surface area contributed by atoms with Crippen molar-refractivity contribution in [2.24, 2.45) is 0 Å². The van der Waals surface area contributed by atoms with Crippen LogP contribution in [0.5, 0.6) is 0 Å². The molecule has 0 unspecified atom stereocenters. The summed E-state index contributed by atoms with van der Waals surface area (Å²) in [5, 5.41) is 20.6. The molecule has 1 aromatic rings. The monoisotopic (exact) mass is 254 g/mol. The van der Waals surface area contributed by atoms with Crippen LogP contribution in [0.1, 0.15) is 5.56 Å². The van der Waals surface area contributed by atoms with Crippen LogP contribution in [0.15, 0.2) is 18.2 Å². The lowest BCUT2D eigenvalue weighted by molar-refractivity contribution is -0.142. The zero-order chi connectivity index (χ0) is 12.7. The van der Waals surface area contributed by atoms with Crippen LogP contribution in [0.2, 0.25) is 5.02 Å².